The molecule has 0 aliphatic carbocycles. The lowest BCUT2D eigenvalue weighted by atomic mass is 10.1. The lowest BCUT2D eigenvalue weighted by Crippen LogP contribution is -2.37. The highest BCUT2D eigenvalue weighted by Gasteiger charge is 2.06. The van der Waals surface area contributed by atoms with Gasteiger partial charge >= 0.3 is 0 Å². The molecule has 0 unspecified atom stereocenters. The van der Waals surface area contributed by atoms with Gasteiger partial charge in [0, 0.05) is 49.6 Å². The molecular weight excluding hydrogens is 392 g/mol. The molecule has 6 nitrogen and oxygen atoms in total. The van der Waals surface area contributed by atoms with Gasteiger partial charge < -0.3 is 20.1 Å². The molecule has 0 fully saturated rings. The minimum absolute atomic E-state index is 0.550. The standard InChI is InChI=1S/C20H30N4O2S2/c1-4-25-10-11-26-18-14-16(2)6-7-17(18)15-24-19(21-3)22-8-5-12-27-20-23-9-13-28-20/h6-7,9,13-14H,4-5,8,10-12,15H2,1-3H3,(H2,21,22,24). The lowest BCUT2D eigenvalue weighted by Gasteiger charge is -2.15. The third kappa shape index (κ3) is 8.50. The van der Waals surface area contributed by atoms with Gasteiger partial charge in [-0.1, -0.05) is 23.9 Å². The summed E-state index contributed by atoms with van der Waals surface area (Å²) in [5, 5.41) is 8.73. The van der Waals surface area contributed by atoms with E-state index in [1.807, 2.05) is 18.5 Å². The molecule has 0 bridgehead atoms. The maximum absolute atomic E-state index is 5.90. The van der Waals surface area contributed by atoms with E-state index in [2.05, 4.69) is 45.7 Å². The minimum atomic E-state index is 0.550. The van der Waals surface area contributed by atoms with Crippen molar-refractivity contribution in [3.05, 3.63) is 40.9 Å². The van der Waals surface area contributed by atoms with E-state index >= 15 is 0 Å². The van der Waals surface area contributed by atoms with Crippen molar-refractivity contribution in [1.82, 2.24) is 15.6 Å². The number of hydrogen-bond donors (Lipinski definition) is 2. The largest absolute Gasteiger partial charge is 0.491 e. The second-order valence-electron chi connectivity index (χ2n) is 6.01. The lowest BCUT2D eigenvalue weighted by molar-refractivity contribution is 0.110. The Morgan fingerprint density at radius 1 is 1.29 bits per heavy atom. The SMILES string of the molecule is CCOCCOc1cc(C)ccc1CNC(=NC)NCCCSc1nccs1. The van der Waals surface area contributed by atoms with Crippen molar-refractivity contribution in [2.45, 2.75) is 31.2 Å². The molecule has 1 heterocycles. The molecular formula is C20H30N4O2S2. The van der Waals surface area contributed by atoms with Gasteiger partial charge in [-0.15, -0.1) is 11.3 Å². The van der Waals surface area contributed by atoms with Crippen molar-refractivity contribution in [3.8, 4) is 5.75 Å². The number of aliphatic imine (C=N–C) groups is 1. The first kappa shape index (κ1) is 22.5. The zero-order valence-electron chi connectivity index (χ0n) is 16.9. The van der Waals surface area contributed by atoms with Gasteiger partial charge in [-0.3, -0.25) is 4.99 Å². The van der Waals surface area contributed by atoms with Gasteiger partial charge in [-0.2, -0.15) is 0 Å². The maximum Gasteiger partial charge on any atom is 0.191 e. The van der Waals surface area contributed by atoms with E-state index < -0.39 is 0 Å². The number of guanidine groups is 1. The normalized spacial score (nSPS) is 11.5. The van der Waals surface area contributed by atoms with Crippen LogP contribution in [0.1, 0.15) is 24.5 Å². The number of aryl methyl sites for hydroxylation is 1. The fraction of sp³-hybridized carbons (Fsp3) is 0.500. The topological polar surface area (TPSA) is 67.8 Å². The van der Waals surface area contributed by atoms with Crippen LogP contribution in [-0.2, 0) is 11.3 Å². The van der Waals surface area contributed by atoms with E-state index in [0.717, 1.165) is 40.3 Å². The van der Waals surface area contributed by atoms with Crippen LogP contribution in [0.4, 0.5) is 0 Å². The first-order valence-electron chi connectivity index (χ1n) is 9.49. The average molecular weight is 423 g/mol. The summed E-state index contributed by atoms with van der Waals surface area (Å²) in [5.41, 5.74) is 2.28. The number of nitrogens with one attached hydrogen (secondary N) is 2. The van der Waals surface area contributed by atoms with Crippen molar-refractivity contribution in [2.75, 3.05) is 39.2 Å². The number of aromatic nitrogens is 1. The van der Waals surface area contributed by atoms with Crippen molar-refractivity contribution in [2.24, 2.45) is 4.99 Å². The van der Waals surface area contributed by atoms with E-state index in [0.29, 0.717) is 26.4 Å². The Balaban J connectivity index is 1.74. The summed E-state index contributed by atoms with van der Waals surface area (Å²) in [4.78, 5) is 8.58. The second-order valence-corrected chi connectivity index (χ2v) is 8.25. The Hall–Kier alpha value is -1.77. The van der Waals surface area contributed by atoms with Crippen LogP contribution in [0.2, 0.25) is 0 Å². The smallest absolute Gasteiger partial charge is 0.191 e. The number of hydrogen-bond acceptors (Lipinski definition) is 6. The van der Waals surface area contributed by atoms with Gasteiger partial charge in [-0.25, -0.2) is 4.98 Å². The number of thiazole rings is 1. The number of thioether (sulfide) groups is 1. The van der Waals surface area contributed by atoms with Gasteiger partial charge in [-0.05, 0) is 31.9 Å². The average Bonchev–Trinajstić information content (AvgIpc) is 3.22. The predicted molar refractivity (Wildman–Crippen MR) is 119 cm³/mol. The molecule has 0 saturated heterocycles. The monoisotopic (exact) mass is 422 g/mol. The van der Waals surface area contributed by atoms with Gasteiger partial charge in [0.25, 0.3) is 0 Å². The predicted octanol–water partition coefficient (Wildman–Crippen LogP) is 3.71. The number of nitrogens with zero attached hydrogens (tertiary/aromatic N) is 2. The Labute approximate surface area is 176 Å². The Morgan fingerprint density at radius 3 is 2.93 bits per heavy atom. The third-order valence-corrected chi connectivity index (χ3v) is 5.88. The van der Waals surface area contributed by atoms with Crippen LogP contribution < -0.4 is 15.4 Å². The molecule has 0 spiro atoms. The van der Waals surface area contributed by atoms with Crippen LogP contribution >= 0.6 is 23.1 Å². The van der Waals surface area contributed by atoms with Crippen LogP contribution in [0.25, 0.3) is 0 Å². The molecule has 1 aromatic carbocycles. The molecule has 0 amide bonds. The minimum Gasteiger partial charge on any atom is -0.491 e. The Kier molecular flexibility index (Phi) is 10.8. The molecule has 0 atom stereocenters. The second kappa shape index (κ2) is 13.4. The first-order chi connectivity index (χ1) is 13.7. The molecule has 0 saturated carbocycles. The Morgan fingerprint density at radius 2 is 2.18 bits per heavy atom. The molecule has 154 valence electrons. The molecule has 2 rings (SSSR count). The van der Waals surface area contributed by atoms with Crippen LogP contribution in [0.3, 0.4) is 0 Å². The molecule has 2 aromatic rings. The summed E-state index contributed by atoms with van der Waals surface area (Å²) in [6.07, 6.45) is 2.89. The number of rotatable bonds is 12. The number of ether oxygens (including phenoxy) is 2. The highest BCUT2D eigenvalue weighted by molar-refractivity contribution is 8.00. The van der Waals surface area contributed by atoms with Gasteiger partial charge in [0.2, 0.25) is 0 Å². The van der Waals surface area contributed by atoms with Crippen LogP contribution in [0.5, 0.6) is 5.75 Å². The van der Waals surface area contributed by atoms with Gasteiger partial charge in [0.05, 0.1) is 6.61 Å². The quantitative estimate of drug-likeness (QED) is 0.235. The maximum atomic E-state index is 5.90. The molecule has 1 aromatic heterocycles. The van der Waals surface area contributed by atoms with Crippen LogP contribution in [0.15, 0.2) is 39.1 Å². The molecule has 0 radical (unpaired) electrons. The highest BCUT2D eigenvalue weighted by atomic mass is 32.2. The summed E-state index contributed by atoms with van der Waals surface area (Å²) >= 11 is 3.47. The van der Waals surface area contributed by atoms with E-state index in [1.165, 1.54) is 5.56 Å². The summed E-state index contributed by atoms with van der Waals surface area (Å²) in [5.74, 6) is 2.72. The number of benzene rings is 1. The fourth-order valence-electron chi connectivity index (χ4n) is 2.42. The van der Waals surface area contributed by atoms with E-state index in [9.17, 15) is 0 Å². The van der Waals surface area contributed by atoms with Crippen molar-refractivity contribution >= 4 is 29.1 Å². The summed E-state index contributed by atoms with van der Waals surface area (Å²) in [7, 11) is 1.79. The molecule has 28 heavy (non-hydrogen) atoms. The van der Waals surface area contributed by atoms with E-state index in [1.54, 1.807) is 30.1 Å². The van der Waals surface area contributed by atoms with Crippen molar-refractivity contribution in [3.63, 3.8) is 0 Å². The van der Waals surface area contributed by atoms with Gasteiger partial charge in [0.1, 0.15) is 16.7 Å². The summed E-state index contributed by atoms with van der Waals surface area (Å²) in [6.45, 7) is 7.42. The zero-order chi connectivity index (χ0) is 20.0. The fourth-order valence-corrected chi connectivity index (χ4v) is 4.06. The van der Waals surface area contributed by atoms with Gasteiger partial charge in [0.15, 0.2) is 5.96 Å². The Bertz CT molecular complexity index is 708. The third-order valence-electron chi connectivity index (χ3n) is 3.83. The summed E-state index contributed by atoms with van der Waals surface area (Å²) in [6, 6.07) is 6.25. The molecule has 0 aliphatic rings. The molecule has 0 aliphatic heterocycles. The molecule has 8 heteroatoms. The van der Waals surface area contributed by atoms with E-state index in [4.69, 9.17) is 9.47 Å². The zero-order valence-corrected chi connectivity index (χ0v) is 18.5. The highest BCUT2D eigenvalue weighted by Crippen LogP contribution is 2.21. The van der Waals surface area contributed by atoms with Crippen LogP contribution in [0, 0.1) is 6.92 Å². The van der Waals surface area contributed by atoms with E-state index in [-0.39, 0.29) is 0 Å². The molecule has 2 N–H and O–H groups in total. The van der Waals surface area contributed by atoms with Crippen molar-refractivity contribution in [1.29, 1.82) is 0 Å². The van der Waals surface area contributed by atoms with Crippen LogP contribution in [-0.4, -0.2) is 50.1 Å². The first-order valence-corrected chi connectivity index (χ1v) is 11.4. The van der Waals surface area contributed by atoms with Crippen molar-refractivity contribution < 1.29 is 9.47 Å². The summed E-state index contributed by atoms with van der Waals surface area (Å²) < 4.78 is 12.4.